The molecule has 1 aliphatic heterocycles. The van der Waals surface area contributed by atoms with Crippen LogP contribution in [-0.2, 0) is 4.74 Å². The molecule has 4 atom stereocenters. The maximum Gasteiger partial charge on any atom is 0.166 e. The van der Waals surface area contributed by atoms with E-state index in [4.69, 9.17) is 9.84 Å². The van der Waals surface area contributed by atoms with Crippen molar-refractivity contribution in [1.82, 2.24) is 19.5 Å². The van der Waals surface area contributed by atoms with Gasteiger partial charge in [0, 0.05) is 0 Å². The van der Waals surface area contributed by atoms with Crippen molar-refractivity contribution < 1.29 is 20.1 Å². The molecule has 0 unspecified atom stereocenters. The van der Waals surface area contributed by atoms with E-state index in [9.17, 15) is 10.2 Å². The molecule has 0 spiro atoms. The van der Waals surface area contributed by atoms with E-state index in [2.05, 4.69) is 37.5 Å². The minimum absolute atomic E-state index is 0.368. The average Bonchev–Trinajstić information content (AvgIpc) is 2.93. The Balaban J connectivity index is 2.07. The van der Waals surface area contributed by atoms with E-state index in [1.165, 1.54) is 6.33 Å². The van der Waals surface area contributed by atoms with E-state index in [0.29, 0.717) is 20.7 Å². The van der Waals surface area contributed by atoms with Crippen molar-refractivity contribution in [2.75, 3.05) is 6.61 Å². The summed E-state index contributed by atoms with van der Waals surface area (Å²) in [4.78, 5) is 12.7. The number of imidazole rings is 1. The van der Waals surface area contributed by atoms with Crippen molar-refractivity contribution in [1.29, 1.82) is 0 Å². The summed E-state index contributed by atoms with van der Waals surface area (Å²) in [5, 5.41) is 29.0. The van der Waals surface area contributed by atoms with Crippen molar-refractivity contribution in [3.63, 3.8) is 0 Å². The van der Waals surface area contributed by atoms with Gasteiger partial charge in [0.15, 0.2) is 11.9 Å². The molecular formula is C11H13IN4O4. The first-order valence-corrected chi connectivity index (χ1v) is 7.10. The van der Waals surface area contributed by atoms with Crippen LogP contribution in [0.1, 0.15) is 12.1 Å². The number of fused-ring (bicyclic) bond motifs is 1. The van der Waals surface area contributed by atoms with Crippen LogP contribution in [0.25, 0.3) is 11.2 Å². The lowest BCUT2D eigenvalue weighted by atomic mass is 10.1. The zero-order valence-corrected chi connectivity index (χ0v) is 12.7. The van der Waals surface area contributed by atoms with E-state index in [1.54, 1.807) is 11.5 Å². The quantitative estimate of drug-likeness (QED) is 0.460. The molecule has 0 saturated carbocycles. The molecule has 1 aliphatic rings. The molecule has 1 fully saturated rings. The third-order valence-corrected chi connectivity index (χ3v) is 4.03. The Morgan fingerprint density at radius 3 is 2.75 bits per heavy atom. The van der Waals surface area contributed by atoms with Gasteiger partial charge in [-0.2, -0.15) is 0 Å². The first-order valence-electron chi connectivity index (χ1n) is 6.02. The Morgan fingerprint density at radius 2 is 2.10 bits per heavy atom. The summed E-state index contributed by atoms with van der Waals surface area (Å²) in [7, 11) is 0. The van der Waals surface area contributed by atoms with Crippen molar-refractivity contribution in [2.45, 2.75) is 31.5 Å². The standard InChI is InChI=1S/C11H13IN4O4/c1-4-14-9(12)6-10(15-4)16(3-13-6)11-8(19)7(18)5(2-17)20-11/h3,5,7-8,11,17-19H,2H2,1H3/t5-,7-,8-,11-/m1/s1. The fourth-order valence-electron chi connectivity index (χ4n) is 2.28. The summed E-state index contributed by atoms with van der Waals surface area (Å²) in [6.45, 7) is 1.39. The molecule has 9 heteroatoms. The number of hydrogen-bond donors (Lipinski definition) is 3. The summed E-state index contributed by atoms with van der Waals surface area (Å²) in [6, 6.07) is 0. The molecular weight excluding hydrogens is 379 g/mol. The number of aliphatic hydroxyl groups excluding tert-OH is 3. The van der Waals surface area contributed by atoms with E-state index < -0.39 is 24.5 Å². The number of hydrogen-bond acceptors (Lipinski definition) is 7. The number of rotatable bonds is 2. The summed E-state index contributed by atoms with van der Waals surface area (Å²) in [6.07, 6.45) is -2.48. The number of nitrogens with zero attached hydrogens (tertiary/aromatic N) is 4. The van der Waals surface area contributed by atoms with Crippen molar-refractivity contribution in [3.8, 4) is 0 Å². The van der Waals surface area contributed by atoms with E-state index in [-0.39, 0.29) is 6.61 Å². The van der Waals surface area contributed by atoms with Crippen molar-refractivity contribution in [2.24, 2.45) is 0 Å². The Bertz CT molecular complexity index is 649. The first kappa shape index (κ1) is 14.1. The molecule has 0 aromatic carbocycles. The topological polar surface area (TPSA) is 114 Å². The van der Waals surface area contributed by atoms with Gasteiger partial charge >= 0.3 is 0 Å². The smallest absolute Gasteiger partial charge is 0.166 e. The van der Waals surface area contributed by atoms with Crippen LogP contribution < -0.4 is 0 Å². The zero-order chi connectivity index (χ0) is 14.4. The lowest BCUT2D eigenvalue weighted by Crippen LogP contribution is -2.33. The molecule has 3 rings (SSSR count). The van der Waals surface area contributed by atoms with Gasteiger partial charge in [0.05, 0.1) is 12.9 Å². The van der Waals surface area contributed by atoms with Crippen LogP contribution in [0.3, 0.4) is 0 Å². The second kappa shape index (κ2) is 5.15. The summed E-state index contributed by atoms with van der Waals surface area (Å²) < 4.78 is 7.73. The largest absolute Gasteiger partial charge is 0.394 e. The van der Waals surface area contributed by atoms with Crippen LogP contribution in [-0.4, -0.2) is 59.8 Å². The van der Waals surface area contributed by atoms with E-state index >= 15 is 0 Å². The van der Waals surface area contributed by atoms with Crippen LogP contribution in [0, 0.1) is 10.6 Å². The van der Waals surface area contributed by atoms with Gasteiger partial charge in [0.25, 0.3) is 0 Å². The SMILES string of the molecule is Cc1nc(I)c2ncn([C@@H]3O[C@H](CO)[C@@H](O)[C@H]3O)c2n1. The molecule has 3 heterocycles. The second-order valence-electron chi connectivity index (χ2n) is 4.61. The Hall–Kier alpha value is -0.880. The fourth-order valence-corrected chi connectivity index (χ4v) is 3.01. The van der Waals surface area contributed by atoms with Crippen LogP contribution in [0.15, 0.2) is 6.33 Å². The monoisotopic (exact) mass is 392 g/mol. The minimum Gasteiger partial charge on any atom is -0.394 e. The normalized spacial score (nSPS) is 30.2. The highest BCUT2D eigenvalue weighted by Crippen LogP contribution is 2.31. The first-order chi connectivity index (χ1) is 9.52. The maximum absolute atomic E-state index is 10.0. The minimum atomic E-state index is -1.16. The molecule has 20 heavy (non-hydrogen) atoms. The highest BCUT2D eigenvalue weighted by molar-refractivity contribution is 14.1. The van der Waals surface area contributed by atoms with Crippen LogP contribution >= 0.6 is 22.6 Å². The predicted octanol–water partition coefficient (Wildman–Crippen LogP) is -0.649. The third kappa shape index (κ3) is 2.09. The van der Waals surface area contributed by atoms with Crippen molar-refractivity contribution in [3.05, 3.63) is 15.9 Å². The average molecular weight is 392 g/mol. The van der Waals surface area contributed by atoms with E-state index in [1.807, 2.05) is 0 Å². The second-order valence-corrected chi connectivity index (χ2v) is 5.64. The predicted molar refractivity (Wildman–Crippen MR) is 75.8 cm³/mol. The molecule has 3 N–H and O–H groups in total. The maximum atomic E-state index is 10.0. The molecule has 2 aromatic rings. The molecule has 2 aromatic heterocycles. The van der Waals surface area contributed by atoms with Gasteiger partial charge in [-0.25, -0.2) is 15.0 Å². The number of aromatic nitrogens is 4. The molecule has 0 radical (unpaired) electrons. The number of aryl methyl sites for hydroxylation is 1. The third-order valence-electron chi connectivity index (χ3n) is 3.28. The van der Waals surface area contributed by atoms with Gasteiger partial charge in [0.1, 0.15) is 33.4 Å². The Labute approximate surface area is 127 Å². The molecule has 108 valence electrons. The lowest BCUT2D eigenvalue weighted by Gasteiger charge is -2.16. The Kier molecular flexibility index (Phi) is 3.62. The molecule has 0 bridgehead atoms. The Morgan fingerprint density at radius 1 is 1.35 bits per heavy atom. The van der Waals surface area contributed by atoms with E-state index in [0.717, 1.165) is 0 Å². The number of halogens is 1. The van der Waals surface area contributed by atoms with Crippen molar-refractivity contribution >= 4 is 33.8 Å². The van der Waals surface area contributed by atoms with Crippen LogP contribution in [0.5, 0.6) is 0 Å². The molecule has 0 amide bonds. The van der Waals surface area contributed by atoms with Gasteiger partial charge in [-0.1, -0.05) is 0 Å². The van der Waals surface area contributed by atoms with Gasteiger partial charge in [-0.05, 0) is 29.5 Å². The number of ether oxygens (including phenoxy) is 1. The van der Waals surface area contributed by atoms with Crippen LogP contribution in [0.2, 0.25) is 0 Å². The van der Waals surface area contributed by atoms with Gasteiger partial charge in [0.2, 0.25) is 0 Å². The lowest BCUT2D eigenvalue weighted by molar-refractivity contribution is -0.0511. The highest BCUT2D eigenvalue weighted by Gasteiger charge is 2.44. The zero-order valence-electron chi connectivity index (χ0n) is 10.5. The van der Waals surface area contributed by atoms with Gasteiger partial charge in [-0.15, -0.1) is 0 Å². The van der Waals surface area contributed by atoms with Gasteiger partial charge < -0.3 is 20.1 Å². The molecule has 0 aliphatic carbocycles. The van der Waals surface area contributed by atoms with Crippen LogP contribution in [0.4, 0.5) is 0 Å². The number of aliphatic hydroxyl groups is 3. The molecule has 1 saturated heterocycles. The van der Waals surface area contributed by atoms with Gasteiger partial charge in [-0.3, -0.25) is 4.57 Å². The fraction of sp³-hybridized carbons (Fsp3) is 0.545. The summed E-state index contributed by atoms with van der Waals surface area (Å²) >= 11 is 2.06. The molecule has 8 nitrogen and oxygen atoms in total. The summed E-state index contributed by atoms with van der Waals surface area (Å²) in [5.74, 6) is 0.579. The highest BCUT2D eigenvalue weighted by atomic mass is 127. The summed E-state index contributed by atoms with van der Waals surface area (Å²) in [5.41, 5.74) is 1.13.